The summed E-state index contributed by atoms with van der Waals surface area (Å²) < 4.78 is 6.04. The molecule has 162 valence electrons. The predicted molar refractivity (Wildman–Crippen MR) is 123 cm³/mol. The Hall–Kier alpha value is -2.63. The van der Waals surface area contributed by atoms with Gasteiger partial charge in [-0.2, -0.15) is 0 Å². The van der Waals surface area contributed by atoms with Crippen LogP contribution in [0.15, 0.2) is 72.5 Å². The maximum atomic E-state index is 12.8. The van der Waals surface area contributed by atoms with Crippen LogP contribution in [-0.4, -0.2) is 56.2 Å². The molecule has 0 spiro atoms. The van der Waals surface area contributed by atoms with E-state index in [4.69, 9.17) is 10.5 Å². The summed E-state index contributed by atoms with van der Waals surface area (Å²) in [7, 11) is 5.85. The molecule has 0 aliphatic rings. The van der Waals surface area contributed by atoms with Crippen LogP contribution in [0.2, 0.25) is 0 Å². The number of carbonyl (C=O) groups is 1. The number of carbonyl (C=O) groups excluding carboxylic acids is 1. The largest absolute Gasteiger partial charge is 0.414 e. The van der Waals surface area contributed by atoms with E-state index in [-0.39, 0.29) is 6.04 Å². The first kappa shape index (κ1) is 23.6. The third-order valence-electron chi connectivity index (χ3n) is 5.67. The van der Waals surface area contributed by atoms with Crippen molar-refractivity contribution in [3.63, 3.8) is 0 Å². The van der Waals surface area contributed by atoms with Crippen molar-refractivity contribution in [2.45, 2.75) is 31.7 Å². The fourth-order valence-electron chi connectivity index (χ4n) is 3.71. The molecule has 0 saturated carbocycles. The van der Waals surface area contributed by atoms with Gasteiger partial charge in [0.25, 0.3) is 0 Å². The van der Waals surface area contributed by atoms with Crippen molar-refractivity contribution in [3.05, 3.63) is 83.6 Å². The summed E-state index contributed by atoms with van der Waals surface area (Å²) in [4.78, 5) is 16.5. The Labute approximate surface area is 181 Å². The van der Waals surface area contributed by atoms with Crippen LogP contribution in [-0.2, 0) is 10.2 Å². The lowest BCUT2D eigenvalue weighted by molar-refractivity contribution is 0.123. The lowest BCUT2D eigenvalue weighted by Gasteiger charge is -2.40. The zero-order valence-electron chi connectivity index (χ0n) is 18.8. The van der Waals surface area contributed by atoms with Crippen molar-refractivity contribution in [2.75, 3.05) is 34.2 Å². The number of allylic oxidation sites excluding steroid dienone is 2. The Balaban J connectivity index is 2.67. The first-order valence-electron chi connectivity index (χ1n) is 10.4. The summed E-state index contributed by atoms with van der Waals surface area (Å²) in [6, 6.07) is 20.8. The first-order chi connectivity index (χ1) is 14.4. The van der Waals surface area contributed by atoms with Crippen molar-refractivity contribution in [3.8, 4) is 0 Å². The molecule has 30 heavy (non-hydrogen) atoms. The average Bonchev–Trinajstić information content (AvgIpc) is 2.77. The number of amides is 1. The summed E-state index contributed by atoms with van der Waals surface area (Å²) in [5.74, 6) is 0.627. The molecule has 2 aromatic rings. The van der Waals surface area contributed by atoms with E-state index in [2.05, 4.69) is 50.2 Å². The number of nitrogens with two attached hydrogens (primary N) is 1. The molecule has 0 radical (unpaired) electrons. The van der Waals surface area contributed by atoms with Gasteiger partial charge in [-0.15, -0.1) is 0 Å². The Bertz CT molecular complexity index is 779. The van der Waals surface area contributed by atoms with Gasteiger partial charge in [0.15, 0.2) is 0 Å². The lowest BCUT2D eigenvalue weighted by Crippen LogP contribution is -2.41. The average molecular weight is 410 g/mol. The Morgan fingerprint density at radius 2 is 1.53 bits per heavy atom. The number of ether oxygens (including phenoxy) is 1. The predicted octanol–water partition coefficient (Wildman–Crippen LogP) is 4.24. The first-order valence-corrected chi connectivity index (χ1v) is 10.4. The fraction of sp³-hybridized carbons (Fsp3) is 0.400. The van der Waals surface area contributed by atoms with Gasteiger partial charge in [0.05, 0.1) is 5.41 Å². The fourth-order valence-corrected chi connectivity index (χ4v) is 3.71. The second-order valence-corrected chi connectivity index (χ2v) is 7.89. The normalized spacial score (nSPS) is 13.2. The highest BCUT2D eigenvalue weighted by Gasteiger charge is 2.42. The molecule has 2 aromatic carbocycles. The van der Waals surface area contributed by atoms with Crippen molar-refractivity contribution < 1.29 is 9.53 Å². The maximum absolute atomic E-state index is 12.8. The highest BCUT2D eigenvalue weighted by molar-refractivity contribution is 5.69. The van der Waals surface area contributed by atoms with Crippen LogP contribution in [0.3, 0.4) is 0 Å². The van der Waals surface area contributed by atoms with Gasteiger partial charge in [-0.05, 0) is 51.6 Å². The molecule has 1 atom stereocenters. The van der Waals surface area contributed by atoms with E-state index in [1.165, 1.54) is 4.90 Å². The van der Waals surface area contributed by atoms with E-state index < -0.39 is 11.5 Å². The monoisotopic (exact) mass is 409 g/mol. The van der Waals surface area contributed by atoms with Crippen LogP contribution < -0.4 is 5.73 Å². The van der Waals surface area contributed by atoms with Crippen molar-refractivity contribution >= 4 is 6.09 Å². The third-order valence-corrected chi connectivity index (χ3v) is 5.67. The van der Waals surface area contributed by atoms with Gasteiger partial charge in [-0.25, -0.2) is 4.79 Å². The lowest BCUT2D eigenvalue weighted by atomic mass is 9.68. The van der Waals surface area contributed by atoms with Crippen LogP contribution >= 0.6 is 0 Å². The third kappa shape index (κ3) is 5.29. The number of benzene rings is 2. The van der Waals surface area contributed by atoms with Crippen molar-refractivity contribution in [2.24, 2.45) is 5.73 Å². The SMILES string of the molecule is C/C=C(/OC(=O)N(C)CCN)C(CC(C)N(C)C)(c1ccccc1)c1ccccc1. The molecule has 5 heteroatoms. The summed E-state index contributed by atoms with van der Waals surface area (Å²) in [5, 5.41) is 0. The zero-order valence-corrected chi connectivity index (χ0v) is 18.8. The number of likely N-dealkylation sites (N-methyl/N-ethyl adjacent to an activating group) is 1. The van der Waals surface area contributed by atoms with Gasteiger partial charge in [-0.1, -0.05) is 60.7 Å². The smallest absolute Gasteiger partial charge is 0.414 e. The van der Waals surface area contributed by atoms with Crippen LogP contribution in [0.4, 0.5) is 4.79 Å². The molecule has 1 unspecified atom stereocenters. The molecule has 1 amide bonds. The number of hydrogen-bond acceptors (Lipinski definition) is 4. The van der Waals surface area contributed by atoms with E-state index in [1.807, 2.05) is 49.4 Å². The minimum absolute atomic E-state index is 0.237. The number of nitrogens with zero attached hydrogens (tertiary/aromatic N) is 2. The van der Waals surface area contributed by atoms with Gasteiger partial charge in [0.2, 0.25) is 0 Å². The summed E-state index contributed by atoms with van der Waals surface area (Å²) >= 11 is 0. The van der Waals surface area contributed by atoms with Gasteiger partial charge in [0, 0.05) is 26.2 Å². The van der Waals surface area contributed by atoms with Gasteiger partial charge >= 0.3 is 6.09 Å². The van der Waals surface area contributed by atoms with E-state index >= 15 is 0 Å². The van der Waals surface area contributed by atoms with E-state index in [0.29, 0.717) is 18.8 Å². The summed E-state index contributed by atoms with van der Waals surface area (Å²) in [6.07, 6.45) is 2.26. The minimum atomic E-state index is -0.611. The molecule has 0 heterocycles. The van der Waals surface area contributed by atoms with E-state index in [0.717, 1.165) is 17.5 Å². The van der Waals surface area contributed by atoms with E-state index in [1.54, 1.807) is 7.05 Å². The molecule has 0 aliphatic heterocycles. The second-order valence-electron chi connectivity index (χ2n) is 7.89. The van der Waals surface area contributed by atoms with Gasteiger partial charge in [-0.3, -0.25) is 0 Å². The topological polar surface area (TPSA) is 58.8 Å². The Morgan fingerprint density at radius 3 is 1.93 bits per heavy atom. The Kier molecular flexibility index (Phi) is 8.63. The molecule has 0 bridgehead atoms. The van der Waals surface area contributed by atoms with Gasteiger partial charge in [0.1, 0.15) is 5.76 Å². The van der Waals surface area contributed by atoms with Crippen LogP contribution in [0.1, 0.15) is 31.4 Å². The van der Waals surface area contributed by atoms with E-state index in [9.17, 15) is 4.79 Å². The highest BCUT2D eigenvalue weighted by atomic mass is 16.6. The van der Waals surface area contributed by atoms with Crippen LogP contribution in [0, 0.1) is 0 Å². The molecule has 2 rings (SSSR count). The minimum Gasteiger partial charge on any atom is -0.414 e. The molecule has 0 fully saturated rings. The number of hydrogen-bond donors (Lipinski definition) is 1. The van der Waals surface area contributed by atoms with Crippen LogP contribution in [0.25, 0.3) is 0 Å². The highest BCUT2D eigenvalue weighted by Crippen LogP contribution is 2.44. The molecular formula is C25H35N3O2. The molecule has 5 nitrogen and oxygen atoms in total. The molecule has 2 N–H and O–H groups in total. The van der Waals surface area contributed by atoms with Crippen molar-refractivity contribution in [1.29, 1.82) is 0 Å². The zero-order chi connectivity index (χ0) is 22.1. The second kappa shape index (κ2) is 11.0. The van der Waals surface area contributed by atoms with Crippen molar-refractivity contribution in [1.82, 2.24) is 9.80 Å². The standard InChI is InChI=1S/C25H35N3O2/c1-6-23(30-24(29)28(5)18-17-26)25(19-20(2)27(3)4,21-13-9-7-10-14-21)22-15-11-8-12-16-22/h6-16,20H,17-19,26H2,1-5H3/b23-6+. The van der Waals surface area contributed by atoms with Crippen LogP contribution in [0.5, 0.6) is 0 Å². The molecule has 0 aromatic heterocycles. The maximum Gasteiger partial charge on any atom is 0.414 e. The molecular weight excluding hydrogens is 374 g/mol. The summed E-state index contributed by atoms with van der Waals surface area (Å²) in [5.41, 5.74) is 7.20. The van der Waals surface area contributed by atoms with Gasteiger partial charge < -0.3 is 20.3 Å². The molecule has 0 saturated heterocycles. The Morgan fingerprint density at radius 1 is 1.03 bits per heavy atom. The summed E-state index contributed by atoms with van der Waals surface area (Å²) in [6.45, 7) is 4.94. The number of rotatable bonds is 9. The molecule has 0 aliphatic carbocycles. The quantitative estimate of drug-likeness (QED) is 0.629.